The first-order valence-corrected chi connectivity index (χ1v) is 9.53. The predicted octanol–water partition coefficient (Wildman–Crippen LogP) is 6.06. The highest BCUT2D eigenvalue weighted by Gasteiger charge is 2.11. The van der Waals surface area contributed by atoms with E-state index in [9.17, 15) is 0 Å². The van der Waals surface area contributed by atoms with Crippen LogP contribution in [0, 0.1) is 5.41 Å². The molecule has 0 amide bonds. The first kappa shape index (κ1) is 24.6. The number of fused-ring (bicyclic) bond motifs is 1. The van der Waals surface area contributed by atoms with Gasteiger partial charge in [-0.25, -0.2) is 15.0 Å². The minimum atomic E-state index is 0.370. The molecule has 2 heterocycles. The maximum Gasteiger partial charge on any atom is 0.183 e. The van der Waals surface area contributed by atoms with Crippen LogP contribution in [0.1, 0.15) is 61.2 Å². The van der Waals surface area contributed by atoms with Crippen LogP contribution in [0.25, 0.3) is 11.2 Å². The summed E-state index contributed by atoms with van der Waals surface area (Å²) in [5.41, 5.74) is 4.09. The van der Waals surface area contributed by atoms with Gasteiger partial charge in [-0.05, 0) is 25.3 Å². The molecule has 0 fully saturated rings. The van der Waals surface area contributed by atoms with Crippen LogP contribution in [0.5, 0.6) is 0 Å². The Hall–Kier alpha value is -2.43. The van der Waals surface area contributed by atoms with Crippen molar-refractivity contribution in [2.24, 2.45) is 12.5 Å². The van der Waals surface area contributed by atoms with Crippen LogP contribution >= 0.6 is 0 Å². The minimum Gasteiger partial charge on any atom is -0.339 e. The largest absolute Gasteiger partial charge is 0.339 e. The van der Waals surface area contributed by atoms with Gasteiger partial charge in [0.1, 0.15) is 11.3 Å². The summed E-state index contributed by atoms with van der Waals surface area (Å²) in [4.78, 5) is 13.1. The van der Waals surface area contributed by atoms with Gasteiger partial charge in [0.15, 0.2) is 11.5 Å². The fraction of sp³-hybridized carbons (Fsp3) is 0.500. The van der Waals surface area contributed by atoms with Crippen molar-refractivity contribution in [3.63, 3.8) is 0 Å². The van der Waals surface area contributed by atoms with Crippen LogP contribution in [0.4, 0.5) is 5.82 Å². The monoisotopic (exact) mass is 371 g/mol. The molecule has 150 valence electrons. The zero-order valence-corrected chi connectivity index (χ0v) is 18.6. The number of hydrogen-bond donors (Lipinski definition) is 1. The molecular formula is C22H37N5. The molecule has 0 aromatic carbocycles. The van der Waals surface area contributed by atoms with Crippen molar-refractivity contribution in [1.29, 1.82) is 0 Å². The van der Waals surface area contributed by atoms with E-state index in [1.165, 1.54) is 5.57 Å². The van der Waals surface area contributed by atoms with E-state index >= 15 is 0 Å². The second-order valence-electron chi connectivity index (χ2n) is 6.95. The molecule has 1 N–H and O–H groups in total. The zero-order valence-electron chi connectivity index (χ0n) is 18.6. The van der Waals surface area contributed by atoms with E-state index in [0.717, 1.165) is 23.6 Å². The first-order valence-electron chi connectivity index (χ1n) is 9.53. The Bertz CT molecular complexity index is 776. The van der Waals surface area contributed by atoms with E-state index in [1.54, 1.807) is 12.4 Å². The van der Waals surface area contributed by atoms with Gasteiger partial charge in [0, 0.05) is 19.2 Å². The van der Waals surface area contributed by atoms with Crippen molar-refractivity contribution < 1.29 is 0 Å². The Morgan fingerprint density at radius 2 is 1.85 bits per heavy atom. The van der Waals surface area contributed by atoms with Crippen molar-refractivity contribution >= 4 is 17.0 Å². The normalized spacial score (nSPS) is 11.1. The zero-order chi connectivity index (χ0) is 21.2. The van der Waals surface area contributed by atoms with E-state index in [2.05, 4.69) is 74.1 Å². The second-order valence-corrected chi connectivity index (χ2v) is 6.95. The highest BCUT2D eigenvalue weighted by molar-refractivity contribution is 5.84. The molecule has 0 atom stereocenters. The smallest absolute Gasteiger partial charge is 0.183 e. The Balaban J connectivity index is 0.000000574. The van der Waals surface area contributed by atoms with Crippen molar-refractivity contribution in [3.05, 3.63) is 48.7 Å². The fourth-order valence-electron chi connectivity index (χ4n) is 1.98. The van der Waals surface area contributed by atoms with Crippen LogP contribution in [-0.2, 0) is 13.5 Å². The average molecular weight is 372 g/mol. The molecular weight excluding hydrogens is 334 g/mol. The molecule has 2 aromatic rings. The van der Waals surface area contributed by atoms with Gasteiger partial charge in [-0.1, -0.05) is 66.3 Å². The number of aromatic nitrogens is 4. The molecule has 0 radical (unpaired) electrons. The Morgan fingerprint density at radius 3 is 2.26 bits per heavy atom. The summed E-state index contributed by atoms with van der Waals surface area (Å²) < 4.78 is 1.88. The van der Waals surface area contributed by atoms with Crippen LogP contribution in [0.2, 0.25) is 0 Å². The number of hydrogen-bond acceptors (Lipinski definition) is 4. The van der Waals surface area contributed by atoms with Crippen molar-refractivity contribution in [1.82, 2.24) is 19.5 Å². The number of anilines is 1. The molecule has 5 nitrogen and oxygen atoms in total. The third kappa shape index (κ3) is 7.37. The SMILES string of the molecule is C/C=C(\C)C(C)(C)C.C=CC(=C)Nc1nc(CC)nc2ncn(C)c12.CC. The Labute approximate surface area is 165 Å². The number of rotatable bonds is 4. The number of aryl methyl sites for hydroxylation is 2. The molecule has 0 saturated heterocycles. The molecule has 27 heavy (non-hydrogen) atoms. The van der Waals surface area contributed by atoms with Gasteiger partial charge in [0.25, 0.3) is 0 Å². The van der Waals surface area contributed by atoms with E-state index in [4.69, 9.17) is 0 Å². The maximum atomic E-state index is 4.45. The summed E-state index contributed by atoms with van der Waals surface area (Å²) in [6, 6.07) is 0. The summed E-state index contributed by atoms with van der Waals surface area (Å²) >= 11 is 0. The average Bonchev–Trinajstić information content (AvgIpc) is 3.03. The van der Waals surface area contributed by atoms with Gasteiger partial charge >= 0.3 is 0 Å². The molecule has 0 saturated carbocycles. The lowest BCUT2D eigenvalue weighted by Crippen LogP contribution is -2.05. The van der Waals surface area contributed by atoms with Crippen molar-refractivity contribution in [2.45, 2.75) is 61.8 Å². The highest BCUT2D eigenvalue weighted by atomic mass is 15.1. The first-order chi connectivity index (χ1) is 12.6. The van der Waals surface area contributed by atoms with Gasteiger partial charge in [0.05, 0.1) is 6.33 Å². The van der Waals surface area contributed by atoms with Gasteiger partial charge < -0.3 is 9.88 Å². The van der Waals surface area contributed by atoms with E-state index in [0.29, 0.717) is 16.8 Å². The lowest BCUT2D eigenvalue weighted by atomic mass is 9.88. The second kappa shape index (κ2) is 11.3. The summed E-state index contributed by atoms with van der Waals surface area (Å²) in [7, 11) is 1.91. The summed E-state index contributed by atoms with van der Waals surface area (Å²) in [6.07, 6.45) is 6.30. The third-order valence-electron chi connectivity index (χ3n) is 4.08. The molecule has 0 unspecified atom stereocenters. The molecule has 5 heteroatoms. The van der Waals surface area contributed by atoms with E-state index in [1.807, 2.05) is 32.4 Å². The Kier molecular flexibility index (Phi) is 10.3. The number of allylic oxidation sites excluding steroid dienone is 3. The predicted molar refractivity (Wildman–Crippen MR) is 119 cm³/mol. The molecule has 2 rings (SSSR count). The van der Waals surface area contributed by atoms with Gasteiger partial charge in [-0.2, -0.15) is 0 Å². The summed E-state index contributed by atoms with van der Waals surface area (Å²) in [5, 5.41) is 3.11. The summed E-state index contributed by atoms with van der Waals surface area (Å²) in [6.45, 7) is 24.4. The topological polar surface area (TPSA) is 55.6 Å². The quantitative estimate of drug-likeness (QED) is 0.524. The van der Waals surface area contributed by atoms with Crippen molar-refractivity contribution in [3.8, 4) is 0 Å². The van der Waals surface area contributed by atoms with Gasteiger partial charge in [-0.15, -0.1) is 0 Å². The van der Waals surface area contributed by atoms with Crippen LogP contribution in [-0.4, -0.2) is 19.5 Å². The van der Waals surface area contributed by atoms with Crippen LogP contribution in [0.15, 0.2) is 42.9 Å². The maximum absolute atomic E-state index is 4.45. The standard InChI is InChI=1S/C12H15N5.C8H16.C2H6/c1-5-8(3)14-12-10-11(13-7-17(10)4)15-9(6-2)16-12;1-6-7(2)8(3,4)5;1-2/h5,7H,1,3,6H2,2,4H3,(H,14,15,16);6H,1-5H3;1-2H3/b;7-6+;. The van der Waals surface area contributed by atoms with E-state index in [-0.39, 0.29) is 0 Å². The van der Waals surface area contributed by atoms with Crippen LogP contribution < -0.4 is 5.32 Å². The molecule has 0 aliphatic heterocycles. The van der Waals surface area contributed by atoms with Gasteiger partial charge in [0.2, 0.25) is 0 Å². The summed E-state index contributed by atoms with van der Waals surface area (Å²) in [5.74, 6) is 1.48. The molecule has 2 aromatic heterocycles. The molecule has 0 spiro atoms. The van der Waals surface area contributed by atoms with Gasteiger partial charge in [-0.3, -0.25) is 0 Å². The number of nitrogens with one attached hydrogen (secondary N) is 1. The molecule has 0 aliphatic carbocycles. The number of nitrogens with zero attached hydrogens (tertiary/aromatic N) is 4. The van der Waals surface area contributed by atoms with Crippen molar-refractivity contribution in [2.75, 3.05) is 5.32 Å². The Morgan fingerprint density at radius 1 is 1.26 bits per heavy atom. The van der Waals surface area contributed by atoms with Crippen LogP contribution in [0.3, 0.4) is 0 Å². The van der Waals surface area contributed by atoms with E-state index < -0.39 is 0 Å². The number of imidazole rings is 1. The molecule has 0 aliphatic rings. The third-order valence-corrected chi connectivity index (χ3v) is 4.08. The lowest BCUT2D eigenvalue weighted by molar-refractivity contribution is 0.503. The lowest BCUT2D eigenvalue weighted by Gasteiger charge is -2.18. The highest BCUT2D eigenvalue weighted by Crippen LogP contribution is 2.23. The molecule has 0 bridgehead atoms. The fourth-order valence-corrected chi connectivity index (χ4v) is 1.98. The minimum absolute atomic E-state index is 0.370.